The van der Waals surface area contributed by atoms with Gasteiger partial charge in [-0.2, -0.15) is 0 Å². The number of halogens is 1. The average molecular weight is 277 g/mol. The van der Waals surface area contributed by atoms with Crippen molar-refractivity contribution in [3.05, 3.63) is 29.8 Å². The maximum Gasteiger partial charge on any atom is 0.241 e. The van der Waals surface area contributed by atoms with Crippen LogP contribution >= 0.6 is 12.4 Å². The summed E-state index contributed by atoms with van der Waals surface area (Å²) >= 11 is 0. The van der Waals surface area contributed by atoms with Crippen LogP contribution in [-0.4, -0.2) is 27.5 Å². The first-order valence-electron chi connectivity index (χ1n) is 5.38. The Hall–Kier alpha value is -0.620. The van der Waals surface area contributed by atoms with Gasteiger partial charge < -0.3 is 5.32 Å². The van der Waals surface area contributed by atoms with Crippen molar-refractivity contribution in [2.45, 2.75) is 24.3 Å². The van der Waals surface area contributed by atoms with Gasteiger partial charge in [-0.25, -0.2) is 13.1 Å². The molecule has 0 saturated carbocycles. The van der Waals surface area contributed by atoms with Gasteiger partial charge >= 0.3 is 0 Å². The highest BCUT2D eigenvalue weighted by Gasteiger charge is 2.23. The van der Waals surface area contributed by atoms with Crippen molar-refractivity contribution in [1.82, 2.24) is 10.0 Å². The van der Waals surface area contributed by atoms with E-state index in [1.807, 2.05) is 19.1 Å². The Labute approximate surface area is 108 Å². The van der Waals surface area contributed by atoms with Gasteiger partial charge in [-0.05, 0) is 31.5 Å². The molecule has 1 aliphatic rings. The third-order valence-electron chi connectivity index (χ3n) is 2.77. The van der Waals surface area contributed by atoms with Gasteiger partial charge in [0.25, 0.3) is 0 Å². The van der Waals surface area contributed by atoms with Crippen LogP contribution in [0.25, 0.3) is 0 Å². The van der Waals surface area contributed by atoms with Crippen LogP contribution in [0.15, 0.2) is 29.2 Å². The van der Waals surface area contributed by atoms with Crippen molar-refractivity contribution in [1.29, 1.82) is 0 Å². The van der Waals surface area contributed by atoms with Crippen LogP contribution in [0.1, 0.15) is 12.0 Å². The Bertz CT molecular complexity index is 470. The summed E-state index contributed by atoms with van der Waals surface area (Å²) in [6, 6.07) is 7.05. The fourth-order valence-corrected chi connectivity index (χ4v) is 3.41. The molecule has 0 spiro atoms. The van der Waals surface area contributed by atoms with Crippen LogP contribution in [0.5, 0.6) is 0 Å². The molecule has 1 atom stereocenters. The second-order valence-corrected chi connectivity index (χ2v) is 5.76. The van der Waals surface area contributed by atoms with Gasteiger partial charge in [0, 0.05) is 12.6 Å². The van der Waals surface area contributed by atoms with Crippen LogP contribution in [-0.2, 0) is 10.0 Å². The number of hydrogen-bond acceptors (Lipinski definition) is 3. The summed E-state index contributed by atoms with van der Waals surface area (Å²) in [6.45, 7) is 3.40. The zero-order valence-corrected chi connectivity index (χ0v) is 11.3. The molecule has 0 amide bonds. The zero-order chi connectivity index (χ0) is 11.6. The lowest BCUT2D eigenvalue weighted by molar-refractivity contribution is 0.559. The lowest BCUT2D eigenvalue weighted by atomic mass is 10.2. The Morgan fingerprint density at radius 1 is 1.35 bits per heavy atom. The number of benzene rings is 1. The second-order valence-electron chi connectivity index (χ2n) is 4.08. The molecule has 1 heterocycles. The Balaban J connectivity index is 0.00000144. The maximum atomic E-state index is 12.1. The number of rotatable bonds is 3. The van der Waals surface area contributed by atoms with Gasteiger partial charge in [0.2, 0.25) is 10.0 Å². The van der Waals surface area contributed by atoms with Gasteiger partial charge in [0.1, 0.15) is 0 Å². The average Bonchev–Trinajstić information content (AvgIpc) is 2.70. The van der Waals surface area contributed by atoms with Crippen molar-refractivity contribution in [2.75, 3.05) is 13.1 Å². The molecule has 6 heteroatoms. The molecule has 1 aromatic rings. The quantitative estimate of drug-likeness (QED) is 0.868. The summed E-state index contributed by atoms with van der Waals surface area (Å²) in [4.78, 5) is 0.377. The smallest absolute Gasteiger partial charge is 0.241 e. The molecule has 1 unspecified atom stereocenters. The molecule has 1 saturated heterocycles. The van der Waals surface area contributed by atoms with Crippen LogP contribution in [0.4, 0.5) is 0 Å². The molecule has 0 radical (unpaired) electrons. The van der Waals surface area contributed by atoms with Crippen LogP contribution in [0.3, 0.4) is 0 Å². The molecule has 0 bridgehead atoms. The second kappa shape index (κ2) is 5.82. The van der Waals surface area contributed by atoms with E-state index in [4.69, 9.17) is 0 Å². The van der Waals surface area contributed by atoms with Crippen LogP contribution in [0.2, 0.25) is 0 Å². The minimum atomic E-state index is -3.36. The predicted molar refractivity (Wildman–Crippen MR) is 70.0 cm³/mol. The van der Waals surface area contributed by atoms with E-state index in [9.17, 15) is 8.42 Å². The minimum Gasteiger partial charge on any atom is -0.315 e. The van der Waals surface area contributed by atoms with Crippen molar-refractivity contribution in [3.8, 4) is 0 Å². The predicted octanol–water partition coefficient (Wildman–Crippen LogP) is 1.06. The molecule has 1 fully saturated rings. The van der Waals surface area contributed by atoms with E-state index < -0.39 is 10.0 Å². The lowest BCUT2D eigenvalue weighted by Crippen LogP contribution is -2.36. The monoisotopic (exact) mass is 276 g/mol. The first-order chi connectivity index (χ1) is 7.59. The van der Waals surface area contributed by atoms with Crippen LogP contribution < -0.4 is 10.0 Å². The molecule has 0 aliphatic carbocycles. The highest BCUT2D eigenvalue weighted by molar-refractivity contribution is 7.89. The van der Waals surface area contributed by atoms with Crippen molar-refractivity contribution >= 4 is 22.4 Å². The number of hydrogen-bond donors (Lipinski definition) is 2. The highest BCUT2D eigenvalue weighted by Crippen LogP contribution is 2.15. The molecule has 96 valence electrons. The van der Waals surface area contributed by atoms with E-state index in [0.717, 1.165) is 18.5 Å². The SMILES string of the molecule is Cc1ccccc1S(=O)(=O)NC1CCNC1.Cl. The summed E-state index contributed by atoms with van der Waals surface area (Å²) < 4.78 is 26.9. The Morgan fingerprint density at radius 3 is 2.65 bits per heavy atom. The summed E-state index contributed by atoms with van der Waals surface area (Å²) in [7, 11) is -3.36. The molecular formula is C11H17ClN2O2S. The highest BCUT2D eigenvalue weighted by atomic mass is 35.5. The summed E-state index contributed by atoms with van der Waals surface area (Å²) in [6.07, 6.45) is 0.852. The van der Waals surface area contributed by atoms with Crippen molar-refractivity contribution < 1.29 is 8.42 Å². The molecule has 4 nitrogen and oxygen atoms in total. The van der Waals surface area contributed by atoms with Gasteiger partial charge in [-0.15, -0.1) is 12.4 Å². The minimum absolute atomic E-state index is 0. The normalized spacial score (nSPS) is 19.9. The summed E-state index contributed by atoms with van der Waals surface area (Å²) in [5.74, 6) is 0. The number of aryl methyl sites for hydroxylation is 1. The standard InChI is InChI=1S/C11H16N2O2S.ClH/c1-9-4-2-3-5-11(9)16(14,15)13-10-6-7-12-8-10;/h2-5,10,12-13H,6-8H2,1H3;1H. The van der Waals surface area contributed by atoms with Crippen molar-refractivity contribution in [2.24, 2.45) is 0 Å². The first kappa shape index (κ1) is 14.4. The Morgan fingerprint density at radius 2 is 2.06 bits per heavy atom. The lowest BCUT2D eigenvalue weighted by Gasteiger charge is -2.13. The number of nitrogens with one attached hydrogen (secondary N) is 2. The molecule has 17 heavy (non-hydrogen) atoms. The van der Waals surface area contributed by atoms with Gasteiger partial charge in [0.15, 0.2) is 0 Å². The van der Waals surface area contributed by atoms with E-state index in [2.05, 4.69) is 10.0 Å². The van der Waals surface area contributed by atoms with Gasteiger partial charge in [-0.1, -0.05) is 18.2 Å². The number of sulfonamides is 1. The fraction of sp³-hybridized carbons (Fsp3) is 0.455. The fourth-order valence-electron chi connectivity index (χ4n) is 1.90. The third-order valence-corrected chi connectivity index (χ3v) is 4.45. The van der Waals surface area contributed by atoms with E-state index in [0.29, 0.717) is 11.4 Å². The van der Waals surface area contributed by atoms with E-state index in [1.165, 1.54) is 0 Å². The van der Waals surface area contributed by atoms with Gasteiger partial charge in [0.05, 0.1) is 4.90 Å². The largest absolute Gasteiger partial charge is 0.315 e. The molecule has 1 aromatic carbocycles. The topological polar surface area (TPSA) is 58.2 Å². The van der Waals surface area contributed by atoms with E-state index >= 15 is 0 Å². The molecular weight excluding hydrogens is 260 g/mol. The third kappa shape index (κ3) is 3.42. The van der Waals surface area contributed by atoms with E-state index in [-0.39, 0.29) is 18.4 Å². The molecule has 2 rings (SSSR count). The van der Waals surface area contributed by atoms with Crippen LogP contribution in [0, 0.1) is 6.92 Å². The summed E-state index contributed by atoms with van der Waals surface area (Å²) in [5, 5.41) is 3.13. The summed E-state index contributed by atoms with van der Waals surface area (Å²) in [5.41, 5.74) is 0.779. The maximum absolute atomic E-state index is 12.1. The first-order valence-corrected chi connectivity index (χ1v) is 6.86. The zero-order valence-electron chi connectivity index (χ0n) is 9.64. The Kier molecular flexibility index (Phi) is 4.94. The van der Waals surface area contributed by atoms with Gasteiger partial charge in [-0.3, -0.25) is 0 Å². The van der Waals surface area contributed by atoms with Crippen molar-refractivity contribution in [3.63, 3.8) is 0 Å². The molecule has 2 N–H and O–H groups in total. The molecule has 0 aromatic heterocycles. The van der Waals surface area contributed by atoms with E-state index in [1.54, 1.807) is 12.1 Å². The molecule has 1 aliphatic heterocycles.